The highest BCUT2D eigenvalue weighted by Crippen LogP contribution is 2.28. The van der Waals surface area contributed by atoms with Crippen LogP contribution in [0.5, 0.6) is 17.2 Å². The van der Waals surface area contributed by atoms with Crippen LogP contribution >= 0.6 is 0 Å². The van der Waals surface area contributed by atoms with Crippen molar-refractivity contribution in [3.63, 3.8) is 0 Å². The Kier molecular flexibility index (Phi) is 15.5. The molecule has 0 unspecified atom stereocenters. The number of benzene rings is 3. The Bertz CT molecular complexity index is 1360. The average molecular weight is 642 g/mol. The molecular weight excluding hydrogens is 590 g/mol. The molecule has 0 bridgehead atoms. The number of unbranched alkanes of at least 4 members (excludes halogenated alkanes) is 7. The third kappa shape index (κ3) is 13.0. The quantitative estimate of drug-likeness (QED) is 0.0561. The van der Waals surface area contributed by atoms with Gasteiger partial charge in [-0.25, -0.2) is 4.79 Å². The molecule has 0 atom stereocenters. The Morgan fingerprint density at radius 3 is 1.94 bits per heavy atom. The van der Waals surface area contributed by atoms with Crippen molar-refractivity contribution in [1.82, 2.24) is 0 Å². The van der Waals surface area contributed by atoms with Crippen molar-refractivity contribution in [3.05, 3.63) is 83.9 Å². The lowest BCUT2D eigenvalue weighted by molar-refractivity contribution is -0.141. The second-order valence-electron chi connectivity index (χ2n) is 12.3. The van der Waals surface area contributed by atoms with E-state index >= 15 is 0 Å². The van der Waals surface area contributed by atoms with E-state index in [9.17, 15) is 9.59 Å². The molecular formula is C40H51NO6. The topological polar surface area (TPSA) is 83.4 Å². The van der Waals surface area contributed by atoms with Crippen LogP contribution < -0.4 is 14.2 Å². The molecule has 0 aromatic heterocycles. The third-order valence-electron chi connectivity index (χ3n) is 8.47. The molecule has 3 aromatic carbocycles. The zero-order valence-corrected chi connectivity index (χ0v) is 28.2. The smallest absolute Gasteiger partial charge is 0.343 e. The van der Waals surface area contributed by atoms with Crippen LogP contribution in [-0.4, -0.2) is 37.5 Å². The number of esters is 2. The Labute approximate surface area is 280 Å². The number of rotatable bonds is 19. The second kappa shape index (κ2) is 20.3. The van der Waals surface area contributed by atoms with Gasteiger partial charge in [0.05, 0.1) is 29.9 Å². The van der Waals surface area contributed by atoms with Crippen LogP contribution in [-0.2, 0) is 9.53 Å². The van der Waals surface area contributed by atoms with Crippen LogP contribution in [0.3, 0.4) is 0 Å². The minimum atomic E-state index is -0.427. The lowest BCUT2D eigenvalue weighted by Gasteiger charge is -2.27. The molecule has 0 amide bonds. The molecule has 1 aliphatic rings. The maximum atomic E-state index is 12.7. The van der Waals surface area contributed by atoms with Crippen LogP contribution in [0.25, 0.3) is 0 Å². The van der Waals surface area contributed by atoms with E-state index in [-0.39, 0.29) is 18.0 Å². The molecule has 0 N–H and O–H groups in total. The first-order valence-electron chi connectivity index (χ1n) is 17.6. The van der Waals surface area contributed by atoms with Gasteiger partial charge >= 0.3 is 11.9 Å². The molecule has 1 saturated carbocycles. The first-order valence-corrected chi connectivity index (χ1v) is 17.6. The van der Waals surface area contributed by atoms with Crippen molar-refractivity contribution in [2.45, 2.75) is 103 Å². The summed E-state index contributed by atoms with van der Waals surface area (Å²) < 4.78 is 23.0. The lowest BCUT2D eigenvalue weighted by Crippen LogP contribution is -2.29. The highest BCUT2D eigenvalue weighted by atomic mass is 16.5. The van der Waals surface area contributed by atoms with Crippen LogP contribution in [0, 0.1) is 5.92 Å². The summed E-state index contributed by atoms with van der Waals surface area (Å²) in [6.45, 7) is 5.91. The summed E-state index contributed by atoms with van der Waals surface area (Å²) >= 11 is 0. The summed E-state index contributed by atoms with van der Waals surface area (Å²) in [6.07, 6.45) is 16.2. The van der Waals surface area contributed by atoms with Gasteiger partial charge in [-0.05, 0) is 117 Å². The first-order chi connectivity index (χ1) is 23.0. The van der Waals surface area contributed by atoms with Gasteiger partial charge in [0.15, 0.2) is 0 Å². The van der Waals surface area contributed by atoms with Crippen LogP contribution in [0.2, 0.25) is 0 Å². The fourth-order valence-corrected chi connectivity index (χ4v) is 5.56. The number of nitrogens with zero attached hydrogens (tertiary/aromatic N) is 1. The van der Waals surface area contributed by atoms with E-state index in [2.05, 4.69) is 18.8 Å². The van der Waals surface area contributed by atoms with E-state index in [0.717, 1.165) is 62.1 Å². The van der Waals surface area contributed by atoms with Gasteiger partial charge in [0.1, 0.15) is 17.2 Å². The van der Waals surface area contributed by atoms with Crippen molar-refractivity contribution >= 4 is 23.8 Å². The summed E-state index contributed by atoms with van der Waals surface area (Å²) in [6, 6.07) is 21.4. The average Bonchev–Trinajstić information content (AvgIpc) is 3.10. The lowest BCUT2D eigenvalue weighted by atomic mass is 9.87. The number of ether oxygens (including phenoxy) is 4. The molecule has 0 saturated heterocycles. The maximum absolute atomic E-state index is 12.7. The predicted octanol–water partition coefficient (Wildman–Crippen LogP) is 10.1. The van der Waals surface area contributed by atoms with Crippen LogP contribution in [0.1, 0.15) is 113 Å². The highest BCUT2D eigenvalue weighted by Gasteiger charge is 2.28. The molecule has 0 radical (unpaired) electrons. The fourth-order valence-electron chi connectivity index (χ4n) is 5.56. The minimum absolute atomic E-state index is 0.0753. The van der Waals surface area contributed by atoms with E-state index in [0.29, 0.717) is 23.7 Å². The van der Waals surface area contributed by atoms with Crippen molar-refractivity contribution in [2.24, 2.45) is 10.9 Å². The van der Waals surface area contributed by atoms with Crippen LogP contribution in [0.15, 0.2) is 77.8 Å². The molecule has 47 heavy (non-hydrogen) atoms. The van der Waals surface area contributed by atoms with Gasteiger partial charge in [0, 0.05) is 12.8 Å². The van der Waals surface area contributed by atoms with Crippen molar-refractivity contribution in [3.8, 4) is 17.2 Å². The maximum Gasteiger partial charge on any atom is 0.343 e. The third-order valence-corrected chi connectivity index (χ3v) is 8.47. The summed E-state index contributed by atoms with van der Waals surface area (Å²) in [5.74, 6) is 1.06. The number of hydrogen-bond acceptors (Lipinski definition) is 7. The Morgan fingerprint density at radius 2 is 1.23 bits per heavy atom. The van der Waals surface area contributed by atoms with Gasteiger partial charge in [-0.15, -0.1) is 0 Å². The van der Waals surface area contributed by atoms with Gasteiger partial charge < -0.3 is 18.9 Å². The Hall–Kier alpha value is -3.97. The summed E-state index contributed by atoms with van der Waals surface area (Å²) in [5, 5.41) is 0. The number of carbonyl (C=O) groups excluding carboxylic acids is 2. The van der Waals surface area contributed by atoms with E-state index in [4.69, 9.17) is 18.9 Å². The minimum Gasteiger partial charge on any atom is -0.494 e. The van der Waals surface area contributed by atoms with Gasteiger partial charge in [-0.3, -0.25) is 9.79 Å². The van der Waals surface area contributed by atoms with Gasteiger partial charge in [-0.1, -0.05) is 58.8 Å². The highest BCUT2D eigenvalue weighted by molar-refractivity contribution is 5.91. The normalized spacial score (nSPS) is 16.2. The SMILES string of the molecule is CCCCCCCCOc1ccc(C(=O)Oc2ccc(N=Cc3ccc(OC(=O)C4CCC(OCCCCC)CC4)cc3)cc2)cc1. The van der Waals surface area contributed by atoms with E-state index in [1.54, 1.807) is 66.9 Å². The predicted molar refractivity (Wildman–Crippen MR) is 187 cm³/mol. The van der Waals surface area contributed by atoms with Gasteiger partial charge in [0.2, 0.25) is 0 Å². The van der Waals surface area contributed by atoms with Crippen molar-refractivity contribution < 1.29 is 28.5 Å². The molecule has 1 aliphatic carbocycles. The van der Waals surface area contributed by atoms with E-state index in [1.807, 2.05) is 12.1 Å². The summed E-state index contributed by atoms with van der Waals surface area (Å²) in [5.41, 5.74) is 2.06. The number of hydrogen-bond donors (Lipinski definition) is 0. The molecule has 252 valence electrons. The van der Waals surface area contributed by atoms with Crippen molar-refractivity contribution in [1.29, 1.82) is 0 Å². The molecule has 0 spiro atoms. The number of aliphatic imine (C=N–C) groups is 1. The molecule has 3 aromatic rings. The standard InChI is InChI=1S/C40H51NO6/c1-3-5-7-8-9-11-29-45-36-24-16-33(17-25-36)40(43)47-38-26-18-34(19-27-38)41-30-31-12-20-37(21-13-31)46-39(42)32-14-22-35(23-15-32)44-28-10-6-4-2/h12-13,16-21,24-27,30,32,35H,3-11,14-15,22-23,28-29H2,1-2H3. The van der Waals surface area contributed by atoms with Gasteiger partial charge in [0.25, 0.3) is 0 Å². The summed E-state index contributed by atoms with van der Waals surface area (Å²) in [4.78, 5) is 29.9. The first kappa shape index (κ1) is 35.9. The van der Waals surface area contributed by atoms with Crippen molar-refractivity contribution in [2.75, 3.05) is 13.2 Å². The fraction of sp³-hybridized carbons (Fsp3) is 0.475. The monoisotopic (exact) mass is 641 g/mol. The molecule has 4 rings (SSSR count). The Morgan fingerprint density at radius 1 is 0.660 bits per heavy atom. The molecule has 0 heterocycles. The molecule has 0 aliphatic heterocycles. The number of carbonyl (C=O) groups is 2. The zero-order chi connectivity index (χ0) is 33.1. The zero-order valence-electron chi connectivity index (χ0n) is 28.2. The molecule has 1 fully saturated rings. The molecule has 7 heteroatoms. The second-order valence-corrected chi connectivity index (χ2v) is 12.3. The van der Waals surface area contributed by atoms with Gasteiger partial charge in [-0.2, -0.15) is 0 Å². The largest absolute Gasteiger partial charge is 0.494 e. The van der Waals surface area contributed by atoms with E-state index < -0.39 is 5.97 Å². The van der Waals surface area contributed by atoms with E-state index in [1.165, 1.54) is 44.9 Å². The Balaban J connectivity index is 1.16. The van der Waals surface area contributed by atoms with Crippen LogP contribution in [0.4, 0.5) is 5.69 Å². The molecule has 7 nitrogen and oxygen atoms in total. The summed E-state index contributed by atoms with van der Waals surface area (Å²) in [7, 11) is 0.